The monoisotopic (exact) mass is 630 g/mol. The molecule has 4 heteroatoms. The summed E-state index contributed by atoms with van der Waals surface area (Å²) in [5.74, 6) is 0. The van der Waals surface area contributed by atoms with Crippen molar-refractivity contribution in [3.05, 3.63) is 188 Å². The molecule has 0 amide bonds. The number of pyridine rings is 2. The van der Waals surface area contributed by atoms with Gasteiger partial charge in [0.2, 0.25) is 0 Å². The molecular formula is C45H34N4. The molecule has 0 aliphatic heterocycles. The molecule has 0 fully saturated rings. The number of para-hydroxylation sites is 1. The fraction of sp³-hybridized carbons (Fsp3) is 0.0222. The standard InChI is InChI=1S/C45H34N4/c46-23-11-3-8-18-39-28-38(37-26-35(32-13-4-1-5-14-32)25-36(27-37)33-15-6-2-7-16-33)30-43(48-39)34-17-12-19-40(29-34)49-44-21-10-9-20-41(44)42-31-47-24-22-45(42)49/h1-17,19-31H,18,46H2/b8-3-,23-11-. The Kier molecular flexibility index (Phi) is 8.11. The number of nitrogens with zero attached hydrogens (tertiary/aromatic N) is 3. The molecule has 0 aliphatic rings. The van der Waals surface area contributed by atoms with E-state index in [1.807, 2.05) is 24.5 Å². The Balaban J connectivity index is 1.30. The van der Waals surface area contributed by atoms with Gasteiger partial charge in [0.1, 0.15) is 0 Å². The van der Waals surface area contributed by atoms with Gasteiger partial charge in [-0.25, -0.2) is 0 Å². The zero-order valence-corrected chi connectivity index (χ0v) is 26.9. The minimum absolute atomic E-state index is 0.675. The first-order valence-electron chi connectivity index (χ1n) is 16.5. The highest BCUT2D eigenvalue weighted by atomic mass is 15.0. The van der Waals surface area contributed by atoms with Crippen LogP contribution in [-0.4, -0.2) is 14.5 Å². The number of fused-ring (bicyclic) bond motifs is 3. The highest BCUT2D eigenvalue weighted by molar-refractivity contribution is 6.08. The van der Waals surface area contributed by atoms with Gasteiger partial charge in [-0.05, 0) is 100 Å². The second kappa shape index (κ2) is 13.3. The molecule has 0 atom stereocenters. The van der Waals surface area contributed by atoms with E-state index in [4.69, 9.17) is 10.7 Å². The van der Waals surface area contributed by atoms with Gasteiger partial charge in [-0.2, -0.15) is 0 Å². The topological polar surface area (TPSA) is 56.7 Å². The van der Waals surface area contributed by atoms with Crippen LogP contribution in [0.15, 0.2) is 182 Å². The van der Waals surface area contributed by atoms with Gasteiger partial charge in [0, 0.05) is 46.5 Å². The van der Waals surface area contributed by atoms with Crippen LogP contribution in [-0.2, 0) is 6.42 Å². The Hall–Kier alpha value is -6.52. The van der Waals surface area contributed by atoms with Crippen LogP contribution in [0, 0.1) is 0 Å². The minimum atomic E-state index is 0.675. The predicted molar refractivity (Wildman–Crippen MR) is 204 cm³/mol. The SMILES string of the molecule is N/C=C\C=C/Cc1cc(-c2cc(-c3ccccc3)cc(-c3ccccc3)c2)cc(-c2cccc(-n3c4ccccc4c4cnccc43)c2)n1. The molecule has 234 valence electrons. The van der Waals surface area contributed by atoms with Crippen molar-refractivity contribution >= 4 is 21.8 Å². The molecule has 3 aromatic heterocycles. The van der Waals surface area contributed by atoms with Crippen molar-refractivity contribution in [1.29, 1.82) is 0 Å². The summed E-state index contributed by atoms with van der Waals surface area (Å²) >= 11 is 0. The lowest BCUT2D eigenvalue weighted by atomic mass is 9.92. The minimum Gasteiger partial charge on any atom is -0.405 e. The lowest BCUT2D eigenvalue weighted by Crippen LogP contribution is -1.97. The lowest BCUT2D eigenvalue weighted by molar-refractivity contribution is 1.11. The summed E-state index contributed by atoms with van der Waals surface area (Å²) in [5.41, 5.74) is 18.9. The molecule has 49 heavy (non-hydrogen) atoms. The average molecular weight is 631 g/mol. The molecule has 8 rings (SSSR count). The normalized spacial score (nSPS) is 11.7. The van der Waals surface area contributed by atoms with Gasteiger partial charge in [0.05, 0.1) is 16.7 Å². The van der Waals surface area contributed by atoms with Crippen molar-refractivity contribution in [2.24, 2.45) is 5.73 Å². The van der Waals surface area contributed by atoms with E-state index in [1.165, 1.54) is 27.6 Å². The van der Waals surface area contributed by atoms with Gasteiger partial charge >= 0.3 is 0 Å². The highest BCUT2D eigenvalue weighted by Gasteiger charge is 2.15. The number of rotatable bonds is 8. The Morgan fingerprint density at radius 3 is 1.90 bits per heavy atom. The van der Waals surface area contributed by atoms with Crippen molar-refractivity contribution < 1.29 is 0 Å². The Bertz CT molecular complexity index is 2360. The number of hydrogen-bond donors (Lipinski definition) is 1. The van der Waals surface area contributed by atoms with Crippen LogP contribution < -0.4 is 5.73 Å². The Morgan fingerprint density at radius 1 is 0.531 bits per heavy atom. The number of benzene rings is 5. The first kappa shape index (κ1) is 29.9. The summed E-state index contributed by atoms with van der Waals surface area (Å²) in [6.45, 7) is 0. The van der Waals surface area contributed by atoms with Gasteiger partial charge in [0.25, 0.3) is 0 Å². The van der Waals surface area contributed by atoms with Crippen LogP contribution in [0.4, 0.5) is 0 Å². The molecule has 4 nitrogen and oxygen atoms in total. The fourth-order valence-electron chi connectivity index (χ4n) is 6.63. The third kappa shape index (κ3) is 6.04. The van der Waals surface area contributed by atoms with E-state index in [0.29, 0.717) is 6.42 Å². The maximum Gasteiger partial charge on any atom is 0.0712 e. The quantitative estimate of drug-likeness (QED) is 0.170. The Morgan fingerprint density at radius 2 is 1.16 bits per heavy atom. The molecule has 0 aliphatic carbocycles. The van der Waals surface area contributed by atoms with Crippen LogP contribution >= 0.6 is 0 Å². The van der Waals surface area contributed by atoms with Gasteiger partial charge in [-0.1, -0.05) is 103 Å². The van der Waals surface area contributed by atoms with Gasteiger partial charge in [-0.3, -0.25) is 9.97 Å². The van der Waals surface area contributed by atoms with Crippen molar-refractivity contribution in [3.63, 3.8) is 0 Å². The number of hydrogen-bond acceptors (Lipinski definition) is 3. The van der Waals surface area contributed by atoms with E-state index in [0.717, 1.165) is 50.2 Å². The molecule has 0 unspecified atom stereocenters. The molecule has 3 heterocycles. The van der Waals surface area contributed by atoms with Gasteiger partial charge < -0.3 is 10.3 Å². The molecule has 0 bridgehead atoms. The van der Waals surface area contributed by atoms with Crippen molar-refractivity contribution in [3.8, 4) is 50.3 Å². The van der Waals surface area contributed by atoms with Crippen LogP contribution in [0.5, 0.6) is 0 Å². The van der Waals surface area contributed by atoms with E-state index in [2.05, 4.69) is 161 Å². The van der Waals surface area contributed by atoms with E-state index in [9.17, 15) is 0 Å². The summed E-state index contributed by atoms with van der Waals surface area (Å²) in [6.07, 6.45) is 11.9. The molecule has 0 saturated heterocycles. The lowest BCUT2D eigenvalue weighted by Gasteiger charge is -2.14. The number of aromatic nitrogens is 3. The van der Waals surface area contributed by atoms with Crippen LogP contribution in [0.2, 0.25) is 0 Å². The maximum atomic E-state index is 5.60. The molecule has 0 spiro atoms. The van der Waals surface area contributed by atoms with E-state index >= 15 is 0 Å². The summed E-state index contributed by atoms with van der Waals surface area (Å²) < 4.78 is 2.32. The molecule has 0 saturated carbocycles. The van der Waals surface area contributed by atoms with E-state index in [-0.39, 0.29) is 0 Å². The molecule has 0 radical (unpaired) electrons. The maximum absolute atomic E-state index is 5.60. The van der Waals surface area contributed by atoms with E-state index < -0.39 is 0 Å². The largest absolute Gasteiger partial charge is 0.405 e. The van der Waals surface area contributed by atoms with Gasteiger partial charge in [-0.15, -0.1) is 0 Å². The highest BCUT2D eigenvalue weighted by Crippen LogP contribution is 2.36. The third-order valence-corrected chi connectivity index (χ3v) is 8.92. The van der Waals surface area contributed by atoms with Crippen LogP contribution in [0.25, 0.3) is 72.1 Å². The second-order valence-electron chi connectivity index (χ2n) is 12.1. The van der Waals surface area contributed by atoms with E-state index in [1.54, 1.807) is 6.20 Å². The summed E-state index contributed by atoms with van der Waals surface area (Å²) in [6, 6.07) is 51.7. The van der Waals surface area contributed by atoms with Crippen molar-refractivity contribution in [2.45, 2.75) is 6.42 Å². The molecule has 5 aromatic carbocycles. The van der Waals surface area contributed by atoms with Crippen LogP contribution in [0.1, 0.15) is 5.69 Å². The molecular weight excluding hydrogens is 597 g/mol. The first-order chi connectivity index (χ1) is 24.2. The van der Waals surface area contributed by atoms with Crippen molar-refractivity contribution in [1.82, 2.24) is 14.5 Å². The number of nitrogens with two attached hydrogens (primary N) is 1. The second-order valence-corrected chi connectivity index (χ2v) is 12.1. The summed E-state index contributed by atoms with van der Waals surface area (Å²) in [7, 11) is 0. The average Bonchev–Trinajstić information content (AvgIpc) is 3.51. The van der Waals surface area contributed by atoms with Crippen molar-refractivity contribution in [2.75, 3.05) is 0 Å². The third-order valence-electron chi connectivity index (χ3n) is 8.92. The Labute approximate surface area is 286 Å². The predicted octanol–water partition coefficient (Wildman–Crippen LogP) is 10.8. The smallest absolute Gasteiger partial charge is 0.0712 e. The van der Waals surface area contributed by atoms with Gasteiger partial charge in [0.15, 0.2) is 0 Å². The fourth-order valence-corrected chi connectivity index (χ4v) is 6.63. The summed E-state index contributed by atoms with van der Waals surface area (Å²) in [4.78, 5) is 9.64. The zero-order chi connectivity index (χ0) is 33.0. The number of allylic oxidation sites excluding steroid dienone is 3. The summed E-state index contributed by atoms with van der Waals surface area (Å²) in [5, 5.41) is 2.32. The van der Waals surface area contributed by atoms with Crippen LogP contribution in [0.3, 0.4) is 0 Å². The molecule has 2 N–H and O–H groups in total. The molecule has 8 aromatic rings. The zero-order valence-electron chi connectivity index (χ0n) is 26.9. The first-order valence-corrected chi connectivity index (χ1v) is 16.5.